The molecule has 0 radical (unpaired) electrons. The number of anilines is 1. The number of benzene rings is 3. The largest absolute Gasteiger partial charge is 0.352 e. The molecule has 1 aliphatic rings. The number of nitrogens with one attached hydrogen (secondary N) is 1. The zero-order chi connectivity index (χ0) is 22.7. The van der Waals surface area contributed by atoms with Crippen LogP contribution >= 0.6 is 11.8 Å². The second kappa shape index (κ2) is 9.57. The molecule has 0 aromatic heterocycles. The van der Waals surface area contributed by atoms with E-state index < -0.39 is 0 Å². The van der Waals surface area contributed by atoms with Gasteiger partial charge < -0.3 is 5.32 Å². The molecule has 3 aromatic rings. The fourth-order valence-electron chi connectivity index (χ4n) is 3.80. The molecule has 1 N–H and O–H groups in total. The highest BCUT2D eigenvalue weighted by molar-refractivity contribution is 8.00. The summed E-state index contributed by atoms with van der Waals surface area (Å²) in [7, 11) is 0. The molecule has 1 atom stereocenters. The lowest BCUT2D eigenvalue weighted by Gasteiger charge is -2.26. The van der Waals surface area contributed by atoms with Gasteiger partial charge >= 0.3 is 0 Å². The van der Waals surface area contributed by atoms with Gasteiger partial charge in [0.1, 0.15) is 11.2 Å². The van der Waals surface area contributed by atoms with Crippen LogP contribution in [0, 0.1) is 19.7 Å². The number of halogens is 1. The molecule has 1 unspecified atom stereocenters. The molecule has 2 amide bonds. The van der Waals surface area contributed by atoms with Gasteiger partial charge in [-0.2, -0.15) is 0 Å². The average molecular weight is 449 g/mol. The second-order valence-corrected chi connectivity index (χ2v) is 9.04. The van der Waals surface area contributed by atoms with Crippen molar-refractivity contribution >= 4 is 29.3 Å². The lowest BCUT2D eigenvalue weighted by atomic mass is 10.1. The Hall–Kier alpha value is -3.12. The monoisotopic (exact) mass is 448 g/mol. The normalized spacial score (nSPS) is 15.8. The molecule has 1 heterocycles. The zero-order valence-corrected chi connectivity index (χ0v) is 18.9. The Morgan fingerprint density at radius 2 is 1.78 bits per heavy atom. The summed E-state index contributed by atoms with van der Waals surface area (Å²) >= 11 is 1.52. The fourth-order valence-corrected chi connectivity index (χ4v) is 4.97. The molecule has 1 aliphatic heterocycles. The second-order valence-electron chi connectivity index (χ2n) is 7.97. The van der Waals surface area contributed by atoms with Crippen LogP contribution in [0.2, 0.25) is 0 Å². The number of hydrogen-bond donors (Lipinski definition) is 1. The summed E-state index contributed by atoms with van der Waals surface area (Å²) in [5, 5.41) is 2.76. The van der Waals surface area contributed by atoms with E-state index in [1.165, 1.54) is 35.0 Å². The molecular formula is C26H25FN2O2S. The molecule has 0 spiro atoms. The van der Waals surface area contributed by atoms with Gasteiger partial charge in [0, 0.05) is 17.8 Å². The van der Waals surface area contributed by atoms with Crippen molar-refractivity contribution in [2.24, 2.45) is 0 Å². The molecule has 164 valence electrons. The van der Waals surface area contributed by atoms with Crippen LogP contribution in [-0.2, 0) is 11.2 Å². The summed E-state index contributed by atoms with van der Waals surface area (Å²) in [6.07, 6.45) is 0.766. The molecule has 4 nitrogen and oxygen atoms in total. The van der Waals surface area contributed by atoms with Crippen molar-refractivity contribution in [3.8, 4) is 0 Å². The van der Waals surface area contributed by atoms with E-state index in [2.05, 4.69) is 29.6 Å². The fraction of sp³-hybridized carbons (Fsp3) is 0.231. The van der Waals surface area contributed by atoms with Crippen molar-refractivity contribution in [2.75, 3.05) is 17.2 Å². The number of amides is 2. The van der Waals surface area contributed by atoms with Gasteiger partial charge in [0.05, 0.1) is 5.75 Å². The average Bonchev–Trinajstić information content (AvgIpc) is 3.16. The number of hydrogen-bond acceptors (Lipinski definition) is 3. The predicted molar refractivity (Wildman–Crippen MR) is 127 cm³/mol. The maximum atomic E-state index is 13.3. The number of carbonyl (C=O) groups is 2. The molecule has 3 aromatic carbocycles. The van der Waals surface area contributed by atoms with Gasteiger partial charge in [-0.15, -0.1) is 11.8 Å². The van der Waals surface area contributed by atoms with Crippen LogP contribution in [0.15, 0.2) is 66.7 Å². The van der Waals surface area contributed by atoms with E-state index in [0.717, 1.165) is 23.2 Å². The first-order chi connectivity index (χ1) is 15.4. The Labute approximate surface area is 191 Å². The number of thioether (sulfide) groups is 1. The van der Waals surface area contributed by atoms with E-state index >= 15 is 0 Å². The number of carbonyl (C=O) groups excluding carboxylic acids is 2. The van der Waals surface area contributed by atoms with Gasteiger partial charge in [-0.05, 0) is 67.3 Å². The van der Waals surface area contributed by atoms with E-state index in [1.807, 2.05) is 26.0 Å². The highest BCUT2D eigenvalue weighted by atomic mass is 32.2. The summed E-state index contributed by atoms with van der Waals surface area (Å²) in [5.41, 5.74) is 5.45. The minimum Gasteiger partial charge on any atom is -0.352 e. The minimum atomic E-state index is -0.302. The van der Waals surface area contributed by atoms with Gasteiger partial charge in [0.2, 0.25) is 5.91 Å². The number of rotatable bonds is 6. The third-order valence-corrected chi connectivity index (χ3v) is 6.77. The maximum Gasteiger partial charge on any atom is 0.251 e. The molecular weight excluding hydrogens is 423 g/mol. The van der Waals surface area contributed by atoms with Gasteiger partial charge in [-0.1, -0.05) is 42.0 Å². The van der Waals surface area contributed by atoms with Crippen molar-refractivity contribution in [3.05, 3.63) is 100 Å². The van der Waals surface area contributed by atoms with Crippen molar-refractivity contribution < 1.29 is 14.0 Å². The Morgan fingerprint density at radius 1 is 1.06 bits per heavy atom. The van der Waals surface area contributed by atoms with Crippen molar-refractivity contribution in [2.45, 2.75) is 25.6 Å². The van der Waals surface area contributed by atoms with E-state index in [4.69, 9.17) is 0 Å². The molecule has 4 rings (SSSR count). The first-order valence-electron chi connectivity index (χ1n) is 10.6. The van der Waals surface area contributed by atoms with Crippen LogP contribution in [-0.4, -0.2) is 24.1 Å². The standard InChI is InChI=1S/C26H25FN2O2S/c1-17-3-5-19(6-4-17)13-14-28-25(31)21-9-12-23(18(2)15-21)29-24(30)16-32-26(29)20-7-10-22(27)11-8-20/h3-12,15,26H,13-14,16H2,1-2H3,(H,28,31). The summed E-state index contributed by atoms with van der Waals surface area (Å²) in [6, 6.07) is 19.9. The highest BCUT2D eigenvalue weighted by Gasteiger charge is 2.34. The zero-order valence-electron chi connectivity index (χ0n) is 18.1. The molecule has 6 heteroatoms. The first kappa shape index (κ1) is 22.1. The van der Waals surface area contributed by atoms with Crippen LogP contribution in [0.4, 0.5) is 10.1 Å². The maximum absolute atomic E-state index is 13.3. The van der Waals surface area contributed by atoms with Gasteiger partial charge in [-0.25, -0.2) is 4.39 Å². The van der Waals surface area contributed by atoms with E-state index in [9.17, 15) is 14.0 Å². The van der Waals surface area contributed by atoms with E-state index in [0.29, 0.717) is 17.9 Å². The predicted octanol–water partition coefficient (Wildman–Crippen LogP) is 5.19. The number of nitrogens with zero attached hydrogens (tertiary/aromatic N) is 1. The minimum absolute atomic E-state index is 0.00252. The SMILES string of the molecule is Cc1ccc(CCNC(=O)c2ccc(N3C(=O)CSC3c3ccc(F)cc3)c(C)c2)cc1. The lowest BCUT2D eigenvalue weighted by molar-refractivity contribution is -0.115. The molecule has 1 fully saturated rings. The Bertz CT molecular complexity index is 1130. The van der Waals surface area contributed by atoms with E-state index in [-0.39, 0.29) is 23.0 Å². The summed E-state index contributed by atoms with van der Waals surface area (Å²) in [6.45, 7) is 4.50. The quantitative estimate of drug-likeness (QED) is 0.564. The molecule has 0 saturated carbocycles. The lowest BCUT2D eigenvalue weighted by Crippen LogP contribution is -2.29. The van der Waals surface area contributed by atoms with Crippen LogP contribution < -0.4 is 10.2 Å². The third kappa shape index (κ3) is 4.86. The first-order valence-corrected chi connectivity index (χ1v) is 11.6. The molecule has 32 heavy (non-hydrogen) atoms. The third-order valence-electron chi connectivity index (χ3n) is 5.56. The van der Waals surface area contributed by atoms with Gasteiger partial charge in [0.15, 0.2) is 0 Å². The highest BCUT2D eigenvalue weighted by Crippen LogP contribution is 2.42. The molecule has 0 aliphatic carbocycles. The number of aryl methyl sites for hydroxylation is 2. The van der Waals surface area contributed by atoms with Crippen molar-refractivity contribution in [1.29, 1.82) is 0 Å². The van der Waals surface area contributed by atoms with Gasteiger partial charge in [0.25, 0.3) is 5.91 Å². The summed E-state index contributed by atoms with van der Waals surface area (Å²) in [4.78, 5) is 27.0. The Balaban J connectivity index is 1.45. The van der Waals surface area contributed by atoms with E-state index in [1.54, 1.807) is 23.1 Å². The van der Waals surface area contributed by atoms with Crippen molar-refractivity contribution in [1.82, 2.24) is 5.32 Å². The van der Waals surface area contributed by atoms with Crippen LogP contribution in [0.1, 0.15) is 38.0 Å². The Kier molecular flexibility index (Phi) is 6.61. The smallest absolute Gasteiger partial charge is 0.251 e. The van der Waals surface area contributed by atoms with Gasteiger partial charge in [-0.3, -0.25) is 14.5 Å². The molecule has 1 saturated heterocycles. The van der Waals surface area contributed by atoms with Crippen LogP contribution in [0.3, 0.4) is 0 Å². The summed E-state index contributed by atoms with van der Waals surface area (Å²) < 4.78 is 13.3. The van der Waals surface area contributed by atoms with Crippen LogP contribution in [0.25, 0.3) is 0 Å². The van der Waals surface area contributed by atoms with Crippen molar-refractivity contribution in [3.63, 3.8) is 0 Å². The topological polar surface area (TPSA) is 49.4 Å². The van der Waals surface area contributed by atoms with Crippen LogP contribution in [0.5, 0.6) is 0 Å². The summed E-state index contributed by atoms with van der Waals surface area (Å²) in [5.74, 6) is -0.0711. The molecule has 0 bridgehead atoms. The Morgan fingerprint density at radius 3 is 2.47 bits per heavy atom.